The Morgan fingerprint density at radius 3 is 2.85 bits per heavy atom. The summed E-state index contributed by atoms with van der Waals surface area (Å²) in [7, 11) is 0. The van der Waals surface area contributed by atoms with Gasteiger partial charge in [-0.05, 0) is 0 Å². The molecule has 0 spiro atoms. The van der Waals surface area contributed by atoms with Crippen LogP contribution in [0.15, 0.2) is 14.6 Å². The van der Waals surface area contributed by atoms with Gasteiger partial charge in [-0.3, -0.25) is 9.78 Å². The second kappa shape index (κ2) is 4.24. The number of nitrogens with one attached hydrogen (secondary N) is 2. The van der Waals surface area contributed by atoms with Crippen LogP contribution in [-0.4, -0.2) is 27.0 Å². The van der Waals surface area contributed by atoms with E-state index in [1.165, 1.54) is 11.8 Å². The lowest BCUT2D eigenvalue weighted by atomic mass is 10.5. The molecule has 0 aliphatic heterocycles. The molecule has 7 heteroatoms. The van der Waals surface area contributed by atoms with Crippen LogP contribution >= 0.6 is 11.8 Å². The molecule has 1 unspecified atom stereocenters. The molecule has 0 aromatic carbocycles. The molecule has 1 aromatic rings. The SMILES string of the molecule is CC(CN)Sc1n[nH]c(=O)[nH]c1=O. The van der Waals surface area contributed by atoms with Crippen molar-refractivity contribution >= 4 is 11.8 Å². The Balaban J connectivity index is 2.90. The first-order valence-electron chi connectivity index (χ1n) is 3.69. The van der Waals surface area contributed by atoms with Crippen molar-refractivity contribution in [2.45, 2.75) is 17.2 Å². The first-order valence-corrected chi connectivity index (χ1v) is 4.57. The van der Waals surface area contributed by atoms with Crippen LogP contribution in [-0.2, 0) is 0 Å². The van der Waals surface area contributed by atoms with Gasteiger partial charge in [0.1, 0.15) is 0 Å². The third kappa shape index (κ3) is 2.71. The van der Waals surface area contributed by atoms with Crippen molar-refractivity contribution in [1.82, 2.24) is 15.2 Å². The van der Waals surface area contributed by atoms with Gasteiger partial charge in [0.2, 0.25) is 0 Å². The second-order valence-electron chi connectivity index (χ2n) is 2.48. The average Bonchev–Trinajstić information content (AvgIpc) is 2.09. The van der Waals surface area contributed by atoms with Crippen LogP contribution in [0.4, 0.5) is 0 Å². The molecule has 0 saturated carbocycles. The third-order valence-electron chi connectivity index (χ3n) is 1.33. The molecule has 0 amide bonds. The maximum absolute atomic E-state index is 11.1. The fourth-order valence-electron chi connectivity index (χ4n) is 0.655. The first-order chi connectivity index (χ1) is 6.13. The van der Waals surface area contributed by atoms with Crippen molar-refractivity contribution in [3.63, 3.8) is 0 Å². The van der Waals surface area contributed by atoms with Crippen molar-refractivity contribution in [2.24, 2.45) is 5.73 Å². The molecule has 0 radical (unpaired) electrons. The monoisotopic (exact) mass is 202 g/mol. The van der Waals surface area contributed by atoms with Gasteiger partial charge in [-0.2, -0.15) is 5.10 Å². The summed E-state index contributed by atoms with van der Waals surface area (Å²) in [5.74, 6) is 0. The van der Waals surface area contributed by atoms with Gasteiger partial charge in [-0.25, -0.2) is 9.89 Å². The van der Waals surface area contributed by atoms with Crippen molar-refractivity contribution in [3.05, 3.63) is 20.8 Å². The number of thioether (sulfide) groups is 1. The second-order valence-corrected chi connectivity index (χ2v) is 3.90. The van der Waals surface area contributed by atoms with E-state index in [4.69, 9.17) is 5.73 Å². The molecule has 1 aromatic heterocycles. The smallest absolute Gasteiger partial charge is 0.329 e. The van der Waals surface area contributed by atoms with Crippen LogP contribution in [0.25, 0.3) is 0 Å². The number of hydrogen-bond donors (Lipinski definition) is 3. The third-order valence-corrected chi connectivity index (χ3v) is 2.42. The highest BCUT2D eigenvalue weighted by atomic mass is 32.2. The molecule has 0 bridgehead atoms. The van der Waals surface area contributed by atoms with E-state index >= 15 is 0 Å². The Hall–Kier alpha value is -1.08. The van der Waals surface area contributed by atoms with E-state index in [-0.39, 0.29) is 10.3 Å². The number of rotatable bonds is 3. The summed E-state index contributed by atoms with van der Waals surface area (Å²) in [6.45, 7) is 2.32. The minimum Gasteiger partial charge on any atom is -0.329 e. The quantitative estimate of drug-likeness (QED) is 0.539. The molecule has 1 rings (SSSR count). The van der Waals surface area contributed by atoms with Gasteiger partial charge in [-0.1, -0.05) is 18.7 Å². The highest BCUT2D eigenvalue weighted by Gasteiger charge is 2.07. The molecular weight excluding hydrogens is 192 g/mol. The lowest BCUT2D eigenvalue weighted by Gasteiger charge is -2.04. The van der Waals surface area contributed by atoms with Crippen LogP contribution in [0.2, 0.25) is 0 Å². The van der Waals surface area contributed by atoms with Gasteiger partial charge in [0.15, 0.2) is 5.03 Å². The van der Waals surface area contributed by atoms with Crippen LogP contribution < -0.4 is 17.0 Å². The molecule has 4 N–H and O–H groups in total. The van der Waals surface area contributed by atoms with Gasteiger partial charge >= 0.3 is 5.69 Å². The van der Waals surface area contributed by atoms with Gasteiger partial charge in [0, 0.05) is 11.8 Å². The first kappa shape index (κ1) is 10.0. The summed E-state index contributed by atoms with van der Waals surface area (Å²) >= 11 is 1.23. The summed E-state index contributed by atoms with van der Waals surface area (Å²) in [5.41, 5.74) is 4.29. The zero-order chi connectivity index (χ0) is 9.84. The van der Waals surface area contributed by atoms with E-state index in [1.54, 1.807) is 0 Å². The van der Waals surface area contributed by atoms with E-state index in [0.29, 0.717) is 6.54 Å². The predicted octanol–water partition coefficient (Wildman–Crippen LogP) is -1.10. The van der Waals surface area contributed by atoms with E-state index in [1.807, 2.05) is 6.92 Å². The maximum Gasteiger partial charge on any atom is 0.342 e. The van der Waals surface area contributed by atoms with Crippen molar-refractivity contribution in [3.8, 4) is 0 Å². The molecule has 0 saturated heterocycles. The summed E-state index contributed by atoms with van der Waals surface area (Å²) in [6, 6.07) is 0. The van der Waals surface area contributed by atoms with E-state index < -0.39 is 11.2 Å². The Bertz CT molecular complexity index is 385. The van der Waals surface area contributed by atoms with E-state index in [2.05, 4.69) is 15.2 Å². The van der Waals surface area contributed by atoms with Gasteiger partial charge in [0.05, 0.1) is 0 Å². The highest BCUT2D eigenvalue weighted by Crippen LogP contribution is 2.14. The van der Waals surface area contributed by atoms with Crippen LogP contribution in [0.1, 0.15) is 6.92 Å². The van der Waals surface area contributed by atoms with E-state index in [0.717, 1.165) is 0 Å². The summed E-state index contributed by atoms with van der Waals surface area (Å²) in [5, 5.41) is 6.07. The number of aromatic amines is 2. The number of H-pyrrole nitrogens is 2. The highest BCUT2D eigenvalue weighted by molar-refractivity contribution is 7.99. The lowest BCUT2D eigenvalue weighted by molar-refractivity contribution is 0.802. The molecule has 0 aliphatic rings. The lowest BCUT2D eigenvalue weighted by Crippen LogP contribution is -2.26. The van der Waals surface area contributed by atoms with Gasteiger partial charge < -0.3 is 5.73 Å². The zero-order valence-corrected chi connectivity index (χ0v) is 7.85. The Morgan fingerprint density at radius 1 is 1.62 bits per heavy atom. The molecule has 72 valence electrons. The Kier molecular flexibility index (Phi) is 3.26. The molecular formula is C6H10N4O2S. The predicted molar refractivity (Wildman–Crippen MR) is 49.9 cm³/mol. The Morgan fingerprint density at radius 2 is 2.31 bits per heavy atom. The number of nitrogens with zero attached hydrogens (tertiary/aromatic N) is 1. The molecule has 13 heavy (non-hydrogen) atoms. The molecule has 1 heterocycles. The fourth-order valence-corrected chi connectivity index (χ4v) is 1.39. The maximum atomic E-state index is 11.1. The largest absolute Gasteiger partial charge is 0.342 e. The van der Waals surface area contributed by atoms with Crippen LogP contribution in [0, 0.1) is 0 Å². The molecule has 1 atom stereocenters. The average molecular weight is 202 g/mol. The number of aromatic nitrogens is 3. The minimum atomic E-state index is -0.602. The van der Waals surface area contributed by atoms with Crippen molar-refractivity contribution in [1.29, 1.82) is 0 Å². The zero-order valence-electron chi connectivity index (χ0n) is 7.03. The topological polar surface area (TPSA) is 105 Å². The summed E-state index contributed by atoms with van der Waals surface area (Å²) in [4.78, 5) is 23.8. The fraction of sp³-hybridized carbons (Fsp3) is 0.500. The Labute approximate surface area is 77.9 Å². The molecule has 6 nitrogen and oxygen atoms in total. The van der Waals surface area contributed by atoms with Gasteiger partial charge in [0.25, 0.3) is 5.56 Å². The van der Waals surface area contributed by atoms with Crippen molar-refractivity contribution in [2.75, 3.05) is 6.54 Å². The number of hydrogen-bond acceptors (Lipinski definition) is 5. The van der Waals surface area contributed by atoms with Gasteiger partial charge in [-0.15, -0.1) is 0 Å². The summed E-state index contributed by atoms with van der Waals surface area (Å²) in [6.07, 6.45) is 0. The minimum absolute atomic E-state index is 0.0968. The van der Waals surface area contributed by atoms with Crippen molar-refractivity contribution < 1.29 is 0 Å². The standard InChI is InChI=1S/C6H10N4O2S/c1-3(2-7)13-5-4(11)8-6(12)10-9-5/h3H,2,7H2,1H3,(H2,8,10,11,12). The number of nitrogens with two attached hydrogens (primary N) is 1. The normalized spacial score (nSPS) is 12.8. The van der Waals surface area contributed by atoms with E-state index in [9.17, 15) is 9.59 Å². The van der Waals surface area contributed by atoms with Crippen LogP contribution in [0.3, 0.4) is 0 Å². The molecule has 0 aliphatic carbocycles. The summed E-state index contributed by atoms with van der Waals surface area (Å²) < 4.78 is 0. The molecule has 0 fully saturated rings. The van der Waals surface area contributed by atoms with Crippen LogP contribution in [0.5, 0.6) is 0 Å².